The van der Waals surface area contributed by atoms with Crippen LogP contribution in [0.3, 0.4) is 0 Å². The summed E-state index contributed by atoms with van der Waals surface area (Å²) in [6.07, 6.45) is 4.87. The van der Waals surface area contributed by atoms with E-state index in [0.717, 1.165) is 12.3 Å². The number of ether oxygens (including phenoxy) is 1. The summed E-state index contributed by atoms with van der Waals surface area (Å²) in [6, 6.07) is 7.03. The van der Waals surface area contributed by atoms with Crippen LogP contribution in [-0.4, -0.2) is 11.8 Å². The molecule has 0 heterocycles. The smallest absolute Gasteiger partial charge is 0.252 e. The van der Waals surface area contributed by atoms with Gasteiger partial charge in [0.05, 0.1) is 6.61 Å². The number of hydrogen-bond donors (Lipinski definition) is 0. The van der Waals surface area contributed by atoms with Crippen LogP contribution in [0.4, 0.5) is 0 Å². The second-order valence-corrected chi connectivity index (χ2v) is 6.21. The van der Waals surface area contributed by atoms with Crippen LogP contribution in [-0.2, 0) is 0 Å². The van der Waals surface area contributed by atoms with E-state index in [1.165, 1.54) is 19.3 Å². The van der Waals surface area contributed by atoms with Gasteiger partial charge in [-0.05, 0) is 48.1 Å². The average molecular weight is 297 g/mol. The van der Waals surface area contributed by atoms with E-state index in [9.17, 15) is 4.79 Å². The van der Waals surface area contributed by atoms with Gasteiger partial charge < -0.3 is 4.74 Å². The Morgan fingerprint density at radius 1 is 1.20 bits per heavy atom. The predicted octanol–water partition coefficient (Wildman–Crippen LogP) is 5.30. The van der Waals surface area contributed by atoms with Gasteiger partial charge in [0.2, 0.25) is 0 Å². The maximum Gasteiger partial charge on any atom is 0.252 e. The summed E-state index contributed by atoms with van der Waals surface area (Å²) in [5, 5.41) is -0.447. The monoisotopic (exact) mass is 296 g/mol. The van der Waals surface area contributed by atoms with Gasteiger partial charge in [-0.1, -0.05) is 46.1 Å². The lowest BCUT2D eigenvalue weighted by Gasteiger charge is -2.13. The predicted molar refractivity (Wildman–Crippen MR) is 84.6 cm³/mol. The maximum atomic E-state index is 11.1. The SMILES string of the molecule is CC(C)CCC[C@@H](C)CCOc1cccc(C(=O)Cl)c1. The van der Waals surface area contributed by atoms with Gasteiger partial charge in [-0.2, -0.15) is 0 Å². The normalized spacial score (nSPS) is 12.4. The molecule has 0 saturated carbocycles. The second kappa shape index (κ2) is 9.02. The van der Waals surface area contributed by atoms with Crippen LogP contribution in [0.2, 0.25) is 0 Å². The first-order valence-corrected chi connectivity index (χ1v) is 7.79. The fraction of sp³-hybridized carbons (Fsp3) is 0.588. The molecule has 2 nitrogen and oxygen atoms in total. The summed E-state index contributed by atoms with van der Waals surface area (Å²) in [6.45, 7) is 7.48. The van der Waals surface area contributed by atoms with E-state index in [0.29, 0.717) is 23.8 Å². The van der Waals surface area contributed by atoms with E-state index in [1.54, 1.807) is 18.2 Å². The standard InChI is InChI=1S/C17H25ClO2/c1-13(2)6-4-7-14(3)10-11-20-16-9-5-8-15(12-16)17(18)19/h5,8-9,12-14H,4,6-7,10-11H2,1-3H3/t14-/m1/s1. The molecule has 0 spiro atoms. The first-order valence-electron chi connectivity index (χ1n) is 7.41. The van der Waals surface area contributed by atoms with Gasteiger partial charge in [0, 0.05) is 5.56 Å². The molecule has 0 N–H and O–H groups in total. The summed E-state index contributed by atoms with van der Waals surface area (Å²) < 4.78 is 5.68. The van der Waals surface area contributed by atoms with Crippen molar-refractivity contribution in [1.29, 1.82) is 0 Å². The molecule has 0 fully saturated rings. The molecule has 0 unspecified atom stereocenters. The van der Waals surface area contributed by atoms with Gasteiger partial charge in [0.25, 0.3) is 5.24 Å². The molecule has 0 aliphatic heterocycles. The number of halogens is 1. The number of benzene rings is 1. The third-order valence-electron chi connectivity index (χ3n) is 3.42. The van der Waals surface area contributed by atoms with E-state index >= 15 is 0 Å². The molecule has 1 rings (SSSR count). The molecule has 0 aliphatic carbocycles. The molecule has 3 heteroatoms. The lowest BCUT2D eigenvalue weighted by Crippen LogP contribution is -2.05. The van der Waals surface area contributed by atoms with Crippen molar-refractivity contribution in [1.82, 2.24) is 0 Å². The minimum Gasteiger partial charge on any atom is -0.494 e. The van der Waals surface area contributed by atoms with Gasteiger partial charge in [-0.15, -0.1) is 0 Å². The molecule has 0 aliphatic rings. The van der Waals surface area contributed by atoms with Crippen LogP contribution in [0.25, 0.3) is 0 Å². The number of carbonyl (C=O) groups is 1. The summed E-state index contributed by atoms with van der Waals surface area (Å²) in [5.41, 5.74) is 0.481. The fourth-order valence-corrected chi connectivity index (χ4v) is 2.22. The van der Waals surface area contributed by atoms with Crippen LogP contribution in [0, 0.1) is 11.8 Å². The van der Waals surface area contributed by atoms with Gasteiger partial charge in [-0.3, -0.25) is 4.79 Å². The Bertz CT molecular complexity index is 415. The third kappa shape index (κ3) is 6.95. The van der Waals surface area contributed by atoms with E-state index in [4.69, 9.17) is 16.3 Å². The highest BCUT2D eigenvalue weighted by Gasteiger charge is 2.06. The van der Waals surface area contributed by atoms with Crippen molar-refractivity contribution >= 4 is 16.8 Å². The molecule has 0 bridgehead atoms. The molecule has 0 amide bonds. The quantitative estimate of drug-likeness (QED) is 0.578. The van der Waals surface area contributed by atoms with Gasteiger partial charge >= 0.3 is 0 Å². The van der Waals surface area contributed by atoms with Gasteiger partial charge in [0.1, 0.15) is 5.75 Å². The third-order valence-corrected chi connectivity index (χ3v) is 3.64. The average Bonchev–Trinajstić information content (AvgIpc) is 2.38. The minimum absolute atomic E-state index is 0.447. The zero-order chi connectivity index (χ0) is 15.0. The Balaban J connectivity index is 2.26. The van der Waals surface area contributed by atoms with E-state index in [1.807, 2.05) is 6.07 Å². The van der Waals surface area contributed by atoms with Gasteiger partial charge in [-0.25, -0.2) is 0 Å². The van der Waals surface area contributed by atoms with Crippen molar-refractivity contribution in [3.63, 3.8) is 0 Å². The molecule has 20 heavy (non-hydrogen) atoms. The zero-order valence-electron chi connectivity index (χ0n) is 12.7. The zero-order valence-corrected chi connectivity index (χ0v) is 13.5. The highest BCUT2D eigenvalue weighted by atomic mass is 35.5. The van der Waals surface area contributed by atoms with Crippen molar-refractivity contribution in [2.45, 2.75) is 46.5 Å². The lowest BCUT2D eigenvalue weighted by molar-refractivity contribution is 0.108. The Hall–Kier alpha value is -1.02. The van der Waals surface area contributed by atoms with Crippen LogP contribution in [0.5, 0.6) is 5.75 Å². The molecule has 112 valence electrons. The Labute approximate surface area is 127 Å². The topological polar surface area (TPSA) is 26.3 Å². The Kier molecular flexibility index (Phi) is 7.68. The highest BCUT2D eigenvalue weighted by Crippen LogP contribution is 2.18. The van der Waals surface area contributed by atoms with E-state index in [-0.39, 0.29) is 0 Å². The molecular formula is C17H25ClO2. The van der Waals surface area contributed by atoms with Crippen molar-refractivity contribution in [2.75, 3.05) is 6.61 Å². The van der Waals surface area contributed by atoms with Crippen LogP contribution >= 0.6 is 11.6 Å². The summed E-state index contributed by atoms with van der Waals surface area (Å²) in [4.78, 5) is 11.1. The molecule has 1 aromatic carbocycles. The Morgan fingerprint density at radius 3 is 2.60 bits per heavy atom. The molecule has 0 radical (unpaired) electrons. The summed E-state index contributed by atoms with van der Waals surface area (Å²) in [7, 11) is 0. The largest absolute Gasteiger partial charge is 0.494 e. The minimum atomic E-state index is -0.447. The van der Waals surface area contributed by atoms with Crippen LogP contribution in [0.1, 0.15) is 56.8 Å². The molecule has 0 aromatic heterocycles. The van der Waals surface area contributed by atoms with Crippen LogP contribution < -0.4 is 4.74 Å². The number of hydrogen-bond acceptors (Lipinski definition) is 2. The van der Waals surface area contributed by atoms with E-state index in [2.05, 4.69) is 20.8 Å². The van der Waals surface area contributed by atoms with Crippen molar-refractivity contribution < 1.29 is 9.53 Å². The molecule has 1 aromatic rings. The first kappa shape index (κ1) is 17.0. The van der Waals surface area contributed by atoms with E-state index < -0.39 is 5.24 Å². The van der Waals surface area contributed by atoms with Crippen molar-refractivity contribution in [2.24, 2.45) is 11.8 Å². The highest BCUT2D eigenvalue weighted by molar-refractivity contribution is 6.67. The van der Waals surface area contributed by atoms with Crippen molar-refractivity contribution in [3.05, 3.63) is 29.8 Å². The maximum absolute atomic E-state index is 11.1. The Morgan fingerprint density at radius 2 is 1.95 bits per heavy atom. The number of rotatable bonds is 9. The number of carbonyl (C=O) groups excluding carboxylic acids is 1. The first-order chi connectivity index (χ1) is 9.49. The summed E-state index contributed by atoms with van der Waals surface area (Å²) in [5.74, 6) is 2.17. The molecule has 1 atom stereocenters. The van der Waals surface area contributed by atoms with Crippen LogP contribution in [0.15, 0.2) is 24.3 Å². The molecular weight excluding hydrogens is 272 g/mol. The summed E-state index contributed by atoms with van der Waals surface area (Å²) >= 11 is 5.45. The fourth-order valence-electron chi connectivity index (χ4n) is 2.11. The molecule has 0 saturated heterocycles. The lowest BCUT2D eigenvalue weighted by atomic mass is 9.98. The second-order valence-electron chi connectivity index (χ2n) is 5.87. The van der Waals surface area contributed by atoms with Crippen molar-refractivity contribution in [3.8, 4) is 5.75 Å². The van der Waals surface area contributed by atoms with Gasteiger partial charge in [0.15, 0.2) is 0 Å².